The third kappa shape index (κ3) is 6.92. The van der Waals surface area contributed by atoms with E-state index in [1.807, 2.05) is 0 Å². The third-order valence-electron chi connectivity index (χ3n) is 3.70. The molecule has 1 heterocycles. The van der Waals surface area contributed by atoms with Crippen molar-refractivity contribution in [1.82, 2.24) is 10.2 Å². The van der Waals surface area contributed by atoms with Crippen molar-refractivity contribution in [3.63, 3.8) is 0 Å². The van der Waals surface area contributed by atoms with Crippen molar-refractivity contribution in [2.45, 2.75) is 64.5 Å². The van der Waals surface area contributed by atoms with Gasteiger partial charge in [-0.05, 0) is 32.4 Å². The highest BCUT2D eigenvalue weighted by Crippen LogP contribution is 2.11. The first-order valence-corrected chi connectivity index (χ1v) is 7.69. The number of nitrogens with one attached hydrogen (secondary N) is 1. The van der Waals surface area contributed by atoms with Gasteiger partial charge in [0.15, 0.2) is 0 Å². The van der Waals surface area contributed by atoms with Gasteiger partial charge >= 0.3 is 5.97 Å². The summed E-state index contributed by atoms with van der Waals surface area (Å²) in [4.78, 5) is 14.2. The Labute approximate surface area is 117 Å². The summed E-state index contributed by atoms with van der Waals surface area (Å²) in [5, 5.41) is 3.30. The van der Waals surface area contributed by atoms with E-state index >= 15 is 0 Å². The van der Waals surface area contributed by atoms with E-state index in [1.165, 1.54) is 52.3 Å². The molecular weight excluding hydrogens is 240 g/mol. The van der Waals surface area contributed by atoms with Crippen LogP contribution in [0, 0.1) is 0 Å². The van der Waals surface area contributed by atoms with Crippen LogP contribution < -0.4 is 5.32 Å². The highest BCUT2D eigenvalue weighted by atomic mass is 16.5. The summed E-state index contributed by atoms with van der Waals surface area (Å²) < 4.78 is 4.88. The molecule has 1 saturated heterocycles. The van der Waals surface area contributed by atoms with Gasteiger partial charge in [0.2, 0.25) is 0 Å². The van der Waals surface area contributed by atoms with Crippen LogP contribution in [0.15, 0.2) is 0 Å². The number of hydrogen-bond acceptors (Lipinski definition) is 4. The fourth-order valence-corrected chi connectivity index (χ4v) is 2.66. The zero-order chi connectivity index (χ0) is 14.1. The van der Waals surface area contributed by atoms with Gasteiger partial charge in [-0.2, -0.15) is 0 Å². The smallest absolute Gasteiger partial charge is 0.322 e. The van der Waals surface area contributed by atoms with Crippen LogP contribution in [0.5, 0.6) is 0 Å². The molecule has 0 aromatic carbocycles. The molecule has 112 valence electrons. The van der Waals surface area contributed by atoms with Crippen LogP contribution in [0.25, 0.3) is 0 Å². The molecule has 0 amide bonds. The van der Waals surface area contributed by atoms with Crippen molar-refractivity contribution < 1.29 is 9.53 Å². The predicted molar refractivity (Wildman–Crippen MR) is 78.2 cm³/mol. The minimum absolute atomic E-state index is 0.138. The van der Waals surface area contributed by atoms with Crippen LogP contribution >= 0.6 is 0 Å². The lowest BCUT2D eigenvalue weighted by molar-refractivity contribution is -0.143. The fraction of sp³-hybridized carbons (Fsp3) is 0.933. The second-order valence-corrected chi connectivity index (χ2v) is 5.80. The van der Waals surface area contributed by atoms with Gasteiger partial charge < -0.3 is 15.0 Å². The predicted octanol–water partition coefficient (Wildman–Crippen LogP) is 2.18. The summed E-state index contributed by atoms with van der Waals surface area (Å²) >= 11 is 0. The second kappa shape index (κ2) is 9.32. The van der Waals surface area contributed by atoms with Gasteiger partial charge in [0.1, 0.15) is 6.04 Å². The van der Waals surface area contributed by atoms with Crippen LogP contribution in [0.1, 0.15) is 52.4 Å². The minimum atomic E-state index is -0.171. The molecule has 0 spiro atoms. The molecule has 0 radical (unpaired) electrons. The molecule has 1 aliphatic rings. The van der Waals surface area contributed by atoms with E-state index in [4.69, 9.17) is 4.74 Å². The largest absolute Gasteiger partial charge is 0.468 e. The first-order chi connectivity index (χ1) is 9.13. The van der Waals surface area contributed by atoms with Gasteiger partial charge in [-0.1, -0.05) is 33.1 Å². The summed E-state index contributed by atoms with van der Waals surface area (Å²) in [6, 6.07) is 0.131. The van der Waals surface area contributed by atoms with E-state index in [0.717, 1.165) is 13.0 Å². The molecule has 1 aliphatic heterocycles. The van der Waals surface area contributed by atoms with Gasteiger partial charge in [0, 0.05) is 12.6 Å². The Morgan fingerprint density at radius 2 is 1.74 bits per heavy atom. The van der Waals surface area contributed by atoms with Crippen molar-refractivity contribution >= 4 is 5.97 Å². The molecule has 19 heavy (non-hydrogen) atoms. The molecule has 1 atom stereocenters. The van der Waals surface area contributed by atoms with E-state index in [0.29, 0.717) is 6.04 Å². The molecular formula is C15H30N2O2. The number of carbonyl (C=O) groups excluding carboxylic acids is 1. The minimum Gasteiger partial charge on any atom is -0.468 e. The Morgan fingerprint density at radius 1 is 1.16 bits per heavy atom. The SMILES string of the molecule is COC(=O)C(CCN1CCCCCCC1)NC(C)C. The number of likely N-dealkylation sites (tertiary alicyclic amines) is 1. The van der Waals surface area contributed by atoms with Crippen LogP contribution in [0.4, 0.5) is 0 Å². The standard InChI is InChI=1S/C15H30N2O2/c1-13(2)16-14(15(18)19-3)9-12-17-10-7-5-4-6-8-11-17/h13-14,16H,4-12H2,1-3H3. The molecule has 0 saturated carbocycles. The van der Waals surface area contributed by atoms with E-state index in [9.17, 15) is 4.79 Å². The van der Waals surface area contributed by atoms with Crippen molar-refractivity contribution in [2.75, 3.05) is 26.7 Å². The maximum atomic E-state index is 11.7. The van der Waals surface area contributed by atoms with Crippen molar-refractivity contribution in [3.8, 4) is 0 Å². The number of ether oxygens (including phenoxy) is 1. The van der Waals surface area contributed by atoms with Crippen LogP contribution in [0.2, 0.25) is 0 Å². The fourth-order valence-electron chi connectivity index (χ4n) is 2.66. The van der Waals surface area contributed by atoms with Gasteiger partial charge in [-0.15, -0.1) is 0 Å². The average Bonchev–Trinajstić information content (AvgIpc) is 2.34. The molecule has 1 rings (SSSR count). The summed E-state index contributed by atoms with van der Waals surface area (Å²) in [7, 11) is 1.47. The Kier molecular flexibility index (Phi) is 8.07. The molecule has 1 fully saturated rings. The summed E-state index contributed by atoms with van der Waals surface area (Å²) in [6.45, 7) is 7.46. The lowest BCUT2D eigenvalue weighted by atomic mass is 10.1. The number of nitrogens with zero attached hydrogens (tertiary/aromatic N) is 1. The Hall–Kier alpha value is -0.610. The first kappa shape index (κ1) is 16.4. The summed E-state index contributed by atoms with van der Waals surface area (Å²) in [5.74, 6) is -0.138. The number of esters is 1. The average molecular weight is 270 g/mol. The number of rotatable bonds is 6. The van der Waals surface area contributed by atoms with Crippen molar-refractivity contribution in [1.29, 1.82) is 0 Å². The summed E-state index contributed by atoms with van der Waals surface area (Å²) in [5.41, 5.74) is 0. The lowest BCUT2D eigenvalue weighted by Crippen LogP contribution is -2.44. The van der Waals surface area contributed by atoms with E-state index in [-0.39, 0.29) is 12.0 Å². The third-order valence-corrected chi connectivity index (χ3v) is 3.70. The lowest BCUT2D eigenvalue weighted by Gasteiger charge is -2.27. The van der Waals surface area contributed by atoms with Crippen LogP contribution in [-0.2, 0) is 9.53 Å². The Bertz CT molecular complexity index is 249. The van der Waals surface area contributed by atoms with Gasteiger partial charge in [0.25, 0.3) is 0 Å². The Balaban J connectivity index is 2.37. The number of carbonyl (C=O) groups is 1. The Morgan fingerprint density at radius 3 is 2.26 bits per heavy atom. The molecule has 4 heteroatoms. The van der Waals surface area contributed by atoms with Gasteiger partial charge in [-0.3, -0.25) is 4.79 Å². The first-order valence-electron chi connectivity index (χ1n) is 7.69. The normalized spacial score (nSPS) is 19.8. The molecule has 1 unspecified atom stereocenters. The molecule has 4 nitrogen and oxygen atoms in total. The molecule has 0 bridgehead atoms. The van der Waals surface area contributed by atoms with Crippen LogP contribution in [0.3, 0.4) is 0 Å². The maximum absolute atomic E-state index is 11.7. The van der Waals surface area contributed by atoms with E-state index in [2.05, 4.69) is 24.1 Å². The quantitative estimate of drug-likeness (QED) is 0.751. The van der Waals surface area contributed by atoms with E-state index < -0.39 is 0 Å². The van der Waals surface area contributed by atoms with Crippen molar-refractivity contribution in [3.05, 3.63) is 0 Å². The molecule has 1 N–H and O–H groups in total. The molecule has 0 aromatic rings. The number of methoxy groups -OCH3 is 1. The topological polar surface area (TPSA) is 41.6 Å². The van der Waals surface area contributed by atoms with Gasteiger partial charge in [-0.25, -0.2) is 0 Å². The van der Waals surface area contributed by atoms with Crippen LogP contribution in [-0.4, -0.2) is 49.7 Å². The molecule has 0 aromatic heterocycles. The molecule has 0 aliphatic carbocycles. The summed E-state index contributed by atoms with van der Waals surface area (Å²) in [6.07, 6.45) is 7.50. The maximum Gasteiger partial charge on any atom is 0.322 e. The monoisotopic (exact) mass is 270 g/mol. The van der Waals surface area contributed by atoms with Gasteiger partial charge in [0.05, 0.1) is 7.11 Å². The zero-order valence-electron chi connectivity index (χ0n) is 12.8. The highest BCUT2D eigenvalue weighted by molar-refractivity contribution is 5.75. The zero-order valence-corrected chi connectivity index (χ0v) is 12.8. The highest BCUT2D eigenvalue weighted by Gasteiger charge is 2.20. The van der Waals surface area contributed by atoms with Crippen molar-refractivity contribution in [2.24, 2.45) is 0 Å². The second-order valence-electron chi connectivity index (χ2n) is 5.80. The number of hydrogen-bond donors (Lipinski definition) is 1. The van der Waals surface area contributed by atoms with E-state index in [1.54, 1.807) is 0 Å².